The molecule has 1 N–H and O–H groups in total. The third-order valence-electron chi connectivity index (χ3n) is 2.87. The SMILES string of the molecule is C[Si](C)(C)C1NC(=O)O[C@H]1c1ccccc1. The minimum absolute atomic E-state index is 0.125. The first-order chi connectivity index (χ1) is 7.48. The van der Waals surface area contributed by atoms with Crippen LogP contribution in [0.4, 0.5) is 4.79 Å². The van der Waals surface area contributed by atoms with Crippen molar-refractivity contribution in [3.05, 3.63) is 35.9 Å². The molecule has 1 unspecified atom stereocenters. The van der Waals surface area contributed by atoms with Gasteiger partial charge in [-0.15, -0.1) is 0 Å². The lowest BCUT2D eigenvalue weighted by Gasteiger charge is -2.27. The van der Waals surface area contributed by atoms with Crippen LogP contribution in [-0.2, 0) is 4.74 Å². The molecule has 4 heteroatoms. The van der Waals surface area contributed by atoms with Crippen LogP contribution in [0.3, 0.4) is 0 Å². The number of hydrogen-bond acceptors (Lipinski definition) is 2. The lowest BCUT2D eigenvalue weighted by atomic mass is 10.1. The van der Waals surface area contributed by atoms with Crippen molar-refractivity contribution in [2.45, 2.75) is 31.4 Å². The van der Waals surface area contributed by atoms with E-state index < -0.39 is 8.07 Å². The summed E-state index contributed by atoms with van der Waals surface area (Å²) in [6.45, 7) is 6.72. The van der Waals surface area contributed by atoms with E-state index in [0.717, 1.165) is 5.56 Å². The fraction of sp³-hybridized carbons (Fsp3) is 0.417. The van der Waals surface area contributed by atoms with Crippen LogP contribution in [0.5, 0.6) is 0 Å². The molecule has 1 aromatic carbocycles. The maximum absolute atomic E-state index is 11.4. The summed E-state index contributed by atoms with van der Waals surface area (Å²) in [7, 11) is -1.47. The first-order valence-corrected chi connectivity index (χ1v) is 9.08. The van der Waals surface area contributed by atoms with Crippen molar-refractivity contribution in [3.8, 4) is 0 Å². The van der Waals surface area contributed by atoms with Crippen molar-refractivity contribution in [1.29, 1.82) is 0 Å². The predicted molar refractivity (Wildman–Crippen MR) is 65.9 cm³/mol. The summed E-state index contributed by atoms with van der Waals surface area (Å²) < 4.78 is 5.37. The largest absolute Gasteiger partial charge is 0.439 e. The summed E-state index contributed by atoms with van der Waals surface area (Å²) in [5.74, 6) is 0. The molecule has 1 amide bonds. The van der Waals surface area contributed by atoms with Gasteiger partial charge in [-0.1, -0.05) is 50.0 Å². The fourth-order valence-corrected chi connectivity index (χ4v) is 3.71. The number of amides is 1. The van der Waals surface area contributed by atoms with E-state index in [9.17, 15) is 4.79 Å². The zero-order chi connectivity index (χ0) is 11.8. The van der Waals surface area contributed by atoms with Crippen molar-refractivity contribution < 1.29 is 9.53 Å². The lowest BCUT2D eigenvalue weighted by molar-refractivity contribution is 0.138. The van der Waals surface area contributed by atoms with Crippen molar-refractivity contribution >= 4 is 14.2 Å². The minimum Gasteiger partial charge on any atom is -0.439 e. The van der Waals surface area contributed by atoms with Crippen molar-refractivity contribution in [2.24, 2.45) is 0 Å². The molecule has 2 rings (SSSR count). The average molecular weight is 235 g/mol. The molecule has 1 fully saturated rings. The molecule has 2 atom stereocenters. The zero-order valence-electron chi connectivity index (χ0n) is 9.86. The molecule has 0 bridgehead atoms. The second-order valence-electron chi connectivity index (χ2n) is 5.22. The standard InChI is InChI=1S/C12H17NO2Si/c1-16(2,3)11-10(15-12(14)13-11)9-7-5-4-6-8-9/h4-8,10-11H,1-3H3,(H,13,14)/t10-,11?/m0/s1. The molecule has 1 aliphatic heterocycles. The van der Waals surface area contributed by atoms with Gasteiger partial charge in [0.15, 0.2) is 0 Å². The van der Waals surface area contributed by atoms with Gasteiger partial charge in [-0.05, 0) is 5.56 Å². The summed E-state index contributed by atoms with van der Waals surface area (Å²) in [5, 5.41) is 2.94. The van der Waals surface area contributed by atoms with Crippen LogP contribution in [0.25, 0.3) is 0 Å². The number of hydrogen-bond donors (Lipinski definition) is 1. The first-order valence-electron chi connectivity index (χ1n) is 5.50. The van der Waals surface area contributed by atoms with Gasteiger partial charge in [0.25, 0.3) is 0 Å². The van der Waals surface area contributed by atoms with E-state index in [2.05, 4.69) is 25.0 Å². The summed E-state index contributed by atoms with van der Waals surface area (Å²) in [5.41, 5.74) is 1.23. The van der Waals surface area contributed by atoms with Crippen LogP contribution >= 0.6 is 0 Å². The van der Waals surface area contributed by atoms with Gasteiger partial charge in [0, 0.05) is 0 Å². The molecular formula is C12H17NO2Si. The Morgan fingerprint density at radius 3 is 2.38 bits per heavy atom. The number of carbonyl (C=O) groups excluding carboxylic acids is 1. The summed E-state index contributed by atoms with van der Waals surface area (Å²) in [6, 6.07) is 9.94. The van der Waals surface area contributed by atoms with E-state index in [1.54, 1.807) is 0 Å². The Bertz CT molecular complexity index is 386. The smallest absolute Gasteiger partial charge is 0.407 e. The zero-order valence-corrected chi connectivity index (χ0v) is 10.9. The highest BCUT2D eigenvalue weighted by atomic mass is 28.3. The van der Waals surface area contributed by atoms with Gasteiger partial charge in [0.05, 0.1) is 13.7 Å². The number of benzene rings is 1. The summed E-state index contributed by atoms with van der Waals surface area (Å²) in [6.07, 6.45) is -0.415. The fourth-order valence-electron chi connectivity index (χ4n) is 1.99. The first kappa shape index (κ1) is 11.2. The van der Waals surface area contributed by atoms with E-state index in [1.165, 1.54) is 0 Å². The van der Waals surface area contributed by atoms with Gasteiger partial charge in [-0.3, -0.25) is 0 Å². The maximum atomic E-state index is 11.4. The highest BCUT2D eigenvalue weighted by molar-refractivity contribution is 6.78. The van der Waals surface area contributed by atoms with Crippen molar-refractivity contribution in [1.82, 2.24) is 5.32 Å². The monoisotopic (exact) mass is 235 g/mol. The number of rotatable bonds is 2. The van der Waals surface area contributed by atoms with Gasteiger partial charge in [0.1, 0.15) is 6.10 Å². The number of ether oxygens (including phenoxy) is 1. The molecule has 0 aliphatic carbocycles. The van der Waals surface area contributed by atoms with Gasteiger partial charge in [-0.2, -0.15) is 0 Å². The normalized spacial score (nSPS) is 25.1. The molecule has 86 valence electrons. The van der Waals surface area contributed by atoms with Gasteiger partial charge >= 0.3 is 6.09 Å². The van der Waals surface area contributed by atoms with E-state index in [-0.39, 0.29) is 17.9 Å². The second-order valence-corrected chi connectivity index (χ2v) is 10.6. The van der Waals surface area contributed by atoms with Crippen LogP contribution in [0.15, 0.2) is 30.3 Å². The highest BCUT2D eigenvalue weighted by Crippen LogP contribution is 2.31. The third kappa shape index (κ3) is 2.11. The molecule has 0 radical (unpaired) electrons. The molecular weight excluding hydrogens is 218 g/mol. The van der Waals surface area contributed by atoms with E-state index >= 15 is 0 Å². The Morgan fingerprint density at radius 1 is 1.19 bits per heavy atom. The number of alkyl carbamates (subject to hydrolysis) is 1. The van der Waals surface area contributed by atoms with Crippen LogP contribution in [0, 0.1) is 0 Å². The quantitative estimate of drug-likeness (QED) is 0.800. The van der Waals surface area contributed by atoms with E-state index in [1.807, 2.05) is 30.3 Å². The predicted octanol–water partition coefficient (Wildman–Crippen LogP) is 2.71. The van der Waals surface area contributed by atoms with Gasteiger partial charge in [-0.25, -0.2) is 4.79 Å². The average Bonchev–Trinajstić information content (AvgIpc) is 2.61. The minimum atomic E-state index is -1.47. The van der Waals surface area contributed by atoms with Crippen molar-refractivity contribution in [3.63, 3.8) is 0 Å². The van der Waals surface area contributed by atoms with Crippen LogP contribution in [-0.4, -0.2) is 19.8 Å². The maximum Gasteiger partial charge on any atom is 0.407 e. The third-order valence-corrected chi connectivity index (χ3v) is 5.18. The molecule has 0 spiro atoms. The molecule has 1 heterocycles. The molecule has 1 aromatic rings. The molecule has 0 saturated carbocycles. The van der Waals surface area contributed by atoms with Crippen LogP contribution in [0.1, 0.15) is 11.7 Å². The van der Waals surface area contributed by atoms with Gasteiger partial charge < -0.3 is 10.1 Å². The lowest BCUT2D eigenvalue weighted by Crippen LogP contribution is -2.48. The molecule has 3 nitrogen and oxygen atoms in total. The molecule has 1 saturated heterocycles. The number of carbonyl (C=O) groups is 1. The number of cyclic esters (lactones) is 1. The van der Waals surface area contributed by atoms with E-state index in [0.29, 0.717) is 0 Å². The van der Waals surface area contributed by atoms with Crippen LogP contribution < -0.4 is 5.32 Å². The Hall–Kier alpha value is -1.29. The molecule has 16 heavy (non-hydrogen) atoms. The number of nitrogens with one attached hydrogen (secondary N) is 1. The molecule has 1 aliphatic rings. The second kappa shape index (κ2) is 3.94. The topological polar surface area (TPSA) is 38.3 Å². The molecule has 0 aromatic heterocycles. The Labute approximate surface area is 96.8 Å². The Kier molecular flexibility index (Phi) is 2.76. The Balaban J connectivity index is 2.30. The summed E-state index contributed by atoms with van der Waals surface area (Å²) in [4.78, 5) is 11.4. The summed E-state index contributed by atoms with van der Waals surface area (Å²) >= 11 is 0. The van der Waals surface area contributed by atoms with Crippen LogP contribution in [0.2, 0.25) is 19.6 Å². The highest BCUT2D eigenvalue weighted by Gasteiger charge is 2.43. The Morgan fingerprint density at radius 2 is 1.81 bits per heavy atom. The van der Waals surface area contributed by atoms with Gasteiger partial charge in [0.2, 0.25) is 0 Å². The van der Waals surface area contributed by atoms with E-state index in [4.69, 9.17) is 4.74 Å². The van der Waals surface area contributed by atoms with Crippen molar-refractivity contribution in [2.75, 3.05) is 0 Å².